The average molecular weight is 392 g/mol. The first-order valence-corrected chi connectivity index (χ1v) is 9.87. The van der Waals surface area contributed by atoms with E-state index >= 15 is 0 Å². The summed E-state index contributed by atoms with van der Waals surface area (Å²) < 4.78 is 11.4. The van der Waals surface area contributed by atoms with E-state index in [2.05, 4.69) is 9.88 Å². The van der Waals surface area contributed by atoms with E-state index in [1.807, 2.05) is 18.3 Å². The fourth-order valence-electron chi connectivity index (χ4n) is 4.09. The largest absolute Gasteiger partial charge is 0.461 e. The summed E-state index contributed by atoms with van der Waals surface area (Å²) >= 11 is 0. The molecule has 2 fully saturated rings. The Morgan fingerprint density at radius 1 is 1.11 bits per heavy atom. The topological polar surface area (TPSA) is 118 Å². The lowest BCUT2D eigenvalue weighted by molar-refractivity contribution is -0.277. The van der Waals surface area contributed by atoms with Crippen molar-refractivity contribution in [2.75, 3.05) is 26.2 Å². The van der Waals surface area contributed by atoms with Gasteiger partial charge in [-0.2, -0.15) is 0 Å². The van der Waals surface area contributed by atoms with Crippen LogP contribution in [0.4, 0.5) is 0 Å². The first-order chi connectivity index (χ1) is 13.6. The Bertz CT molecular complexity index is 788. The summed E-state index contributed by atoms with van der Waals surface area (Å²) in [5, 5.41) is 40.5. The van der Waals surface area contributed by atoms with Crippen LogP contribution in [0.5, 0.6) is 5.75 Å². The zero-order chi connectivity index (χ0) is 19.7. The molecule has 8 heteroatoms. The highest BCUT2D eigenvalue weighted by molar-refractivity contribution is 5.89. The number of H-pyrrole nitrogens is 1. The number of rotatable bonds is 6. The molecule has 28 heavy (non-hydrogen) atoms. The minimum absolute atomic E-state index is 0.486. The van der Waals surface area contributed by atoms with Crippen LogP contribution in [0.25, 0.3) is 10.9 Å². The molecule has 5 unspecified atom stereocenters. The Labute approximate surface area is 163 Å². The van der Waals surface area contributed by atoms with Gasteiger partial charge in [0.2, 0.25) is 6.29 Å². The maximum atomic E-state index is 10.3. The molecule has 0 spiro atoms. The fraction of sp³-hybridized carbons (Fsp3) is 0.600. The fourth-order valence-corrected chi connectivity index (χ4v) is 4.09. The van der Waals surface area contributed by atoms with Gasteiger partial charge in [0, 0.05) is 23.6 Å². The van der Waals surface area contributed by atoms with Crippen molar-refractivity contribution in [3.05, 3.63) is 30.0 Å². The minimum atomic E-state index is -1.46. The number of aromatic nitrogens is 1. The van der Waals surface area contributed by atoms with E-state index in [-0.39, 0.29) is 0 Å². The molecule has 2 aliphatic rings. The quantitative estimate of drug-likeness (QED) is 0.469. The predicted octanol–water partition coefficient (Wildman–Crippen LogP) is -0.0151. The van der Waals surface area contributed by atoms with Gasteiger partial charge in [0.15, 0.2) is 0 Å². The number of aliphatic hydroxyl groups is 4. The number of likely N-dealkylation sites (tertiary alicyclic amines) is 1. The molecule has 0 radical (unpaired) electrons. The molecule has 3 heterocycles. The Morgan fingerprint density at radius 3 is 2.64 bits per heavy atom. The summed E-state index contributed by atoms with van der Waals surface area (Å²) in [6.07, 6.45) is -1.14. The number of fused-ring (bicyclic) bond motifs is 1. The maximum Gasteiger partial charge on any atom is 0.229 e. The van der Waals surface area contributed by atoms with Crippen LogP contribution in [0.3, 0.4) is 0 Å². The first-order valence-electron chi connectivity index (χ1n) is 9.87. The zero-order valence-electron chi connectivity index (χ0n) is 15.7. The van der Waals surface area contributed by atoms with Crippen LogP contribution in [0.15, 0.2) is 24.4 Å². The molecule has 1 aromatic heterocycles. The van der Waals surface area contributed by atoms with Crippen molar-refractivity contribution in [1.29, 1.82) is 0 Å². The lowest BCUT2D eigenvalue weighted by Gasteiger charge is -2.39. The standard InChI is InChI=1S/C20H28N2O6/c23-11-15-17(24)18(25)19(26)20(28-15)27-14-5-3-4-13-16(14)12(10-21-13)6-9-22-7-1-2-8-22/h3-5,10,15,17-21,23-26H,1-2,6-9,11H2. The van der Waals surface area contributed by atoms with Crippen LogP contribution >= 0.6 is 0 Å². The molecule has 8 nitrogen and oxygen atoms in total. The molecule has 154 valence electrons. The summed E-state index contributed by atoms with van der Waals surface area (Å²) in [7, 11) is 0. The average Bonchev–Trinajstić information content (AvgIpc) is 3.37. The van der Waals surface area contributed by atoms with Crippen molar-refractivity contribution in [3.8, 4) is 5.75 Å². The Balaban J connectivity index is 1.55. The Hall–Kier alpha value is -1.68. The van der Waals surface area contributed by atoms with Crippen molar-refractivity contribution in [3.63, 3.8) is 0 Å². The minimum Gasteiger partial charge on any atom is -0.461 e. The number of aliphatic hydroxyl groups excluding tert-OH is 4. The van der Waals surface area contributed by atoms with Gasteiger partial charge in [-0.3, -0.25) is 0 Å². The van der Waals surface area contributed by atoms with Crippen LogP contribution in [0.2, 0.25) is 0 Å². The molecule has 0 saturated carbocycles. The van der Waals surface area contributed by atoms with Crippen molar-refractivity contribution in [1.82, 2.24) is 9.88 Å². The smallest absolute Gasteiger partial charge is 0.229 e. The number of nitrogens with zero attached hydrogens (tertiary/aromatic N) is 1. The van der Waals surface area contributed by atoms with Crippen LogP contribution in [-0.2, 0) is 11.2 Å². The van der Waals surface area contributed by atoms with E-state index in [0.717, 1.165) is 42.5 Å². The maximum absolute atomic E-state index is 10.3. The number of ether oxygens (including phenoxy) is 2. The zero-order valence-corrected chi connectivity index (χ0v) is 15.7. The summed E-state index contributed by atoms with van der Waals surface area (Å²) in [6, 6.07) is 5.58. The number of nitrogens with one attached hydrogen (secondary N) is 1. The van der Waals surface area contributed by atoms with Gasteiger partial charge < -0.3 is 39.8 Å². The van der Waals surface area contributed by atoms with Gasteiger partial charge in [-0.15, -0.1) is 0 Å². The predicted molar refractivity (Wildman–Crippen MR) is 102 cm³/mol. The highest BCUT2D eigenvalue weighted by Gasteiger charge is 2.44. The first kappa shape index (κ1) is 19.6. The summed E-state index contributed by atoms with van der Waals surface area (Å²) in [5.41, 5.74) is 2.03. The van der Waals surface area contributed by atoms with Gasteiger partial charge in [0.05, 0.1) is 6.61 Å². The highest BCUT2D eigenvalue weighted by atomic mass is 16.7. The monoisotopic (exact) mass is 392 g/mol. The number of aromatic amines is 1. The molecule has 5 atom stereocenters. The van der Waals surface area contributed by atoms with E-state index in [0.29, 0.717) is 5.75 Å². The Kier molecular flexibility index (Phi) is 5.86. The van der Waals surface area contributed by atoms with E-state index < -0.39 is 37.3 Å². The lowest BCUT2D eigenvalue weighted by Crippen LogP contribution is -2.60. The lowest BCUT2D eigenvalue weighted by atomic mass is 9.99. The third-order valence-corrected chi connectivity index (χ3v) is 5.74. The van der Waals surface area contributed by atoms with Crippen molar-refractivity contribution < 1.29 is 29.9 Å². The van der Waals surface area contributed by atoms with Crippen molar-refractivity contribution in [2.45, 2.75) is 50.0 Å². The molecule has 1 aromatic carbocycles. The third kappa shape index (κ3) is 3.76. The third-order valence-electron chi connectivity index (χ3n) is 5.74. The Morgan fingerprint density at radius 2 is 1.89 bits per heavy atom. The molecule has 2 aromatic rings. The summed E-state index contributed by atoms with van der Waals surface area (Å²) in [5.74, 6) is 0.527. The van der Waals surface area contributed by atoms with Crippen molar-refractivity contribution in [2.24, 2.45) is 0 Å². The SMILES string of the molecule is OCC1OC(Oc2cccc3[nH]cc(CCN4CCCC4)c23)C(O)C(O)C1O. The van der Waals surface area contributed by atoms with E-state index in [1.54, 1.807) is 6.07 Å². The summed E-state index contributed by atoms with van der Waals surface area (Å²) in [4.78, 5) is 5.70. The van der Waals surface area contributed by atoms with Gasteiger partial charge in [-0.25, -0.2) is 0 Å². The van der Waals surface area contributed by atoms with Gasteiger partial charge in [-0.1, -0.05) is 6.07 Å². The number of hydrogen-bond donors (Lipinski definition) is 5. The van der Waals surface area contributed by atoms with Gasteiger partial charge >= 0.3 is 0 Å². The molecule has 0 aliphatic carbocycles. The van der Waals surface area contributed by atoms with Gasteiger partial charge in [0.1, 0.15) is 30.2 Å². The van der Waals surface area contributed by atoms with Crippen LogP contribution in [0.1, 0.15) is 18.4 Å². The van der Waals surface area contributed by atoms with Crippen LogP contribution < -0.4 is 4.74 Å². The van der Waals surface area contributed by atoms with E-state index in [9.17, 15) is 20.4 Å². The van der Waals surface area contributed by atoms with E-state index in [4.69, 9.17) is 9.47 Å². The molecule has 2 saturated heterocycles. The highest BCUT2D eigenvalue weighted by Crippen LogP contribution is 2.32. The van der Waals surface area contributed by atoms with Gasteiger partial charge in [-0.05, 0) is 50.0 Å². The van der Waals surface area contributed by atoms with Crippen molar-refractivity contribution >= 4 is 10.9 Å². The molecule has 2 aliphatic heterocycles. The second kappa shape index (κ2) is 8.36. The molecule has 0 bridgehead atoms. The molecule has 0 amide bonds. The molecule has 4 rings (SSSR count). The number of hydrogen-bond acceptors (Lipinski definition) is 7. The second-order valence-corrected chi connectivity index (χ2v) is 7.61. The number of benzene rings is 1. The normalized spacial score (nSPS) is 31.5. The van der Waals surface area contributed by atoms with Crippen LogP contribution in [0, 0.1) is 0 Å². The van der Waals surface area contributed by atoms with E-state index in [1.165, 1.54) is 12.8 Å². The van der Waals surface area contributed by atoms with Gasteiger partial charge in [0.25, 0.3) is 0 Å². The molecular formula is C20H28N2O6. The molecular weight excluding hydrogens is 364 g/mol. The van der Waals surface area contributed by atoms with Crippen LogP contribution in [-0.4, -0.2) is 87.3 Å². The summed E-state index contributed by atoms with van der Waals surface area (Å²) in [6.45, 7) is 2.76. The molecule has 5 N–H and O–H groups in total. The second-order valence-electron chi connectivity index (χ2n) is 7.61.